The molecule has 0 bridgehead atoms. The largest absolute Gasteiger partial charge is 0.380 e. The van der Waals surface area contributed by atoms with Gasteiger partial charge in [0.2, 0.25) is 5.91 Å². The quantitative estimate of drug-likeness (QED) is 0.632. The van der Waals surface area contributed by atoms with Crippen molar-refractivity contribution in [3.8, 4) is 0 Å². The van der Waals surface area contributed by atoms with E-state index >= 15 is 0 Å². The molecule has 1 amide bonds. The molecule has 0 aliphatic carbocycles. The summed E-state index contributed by atoms with van der Waals surface area (Å²) in [5.74, 6) is 0.214. The molecule has 0 aromatic heterocycles. The number of ether oxygens (including phenoxy) is 1. The Hall–Kier alpha value is -0.650. The molecule has 1 aliphatic heterocycles. The fourth-order valence-electron chi connectivity index (χ4n) is 2.41. The van der Waals surface area contributed by atoms with E-state index in [1.807, 2.05) is 21.0 Å². The van der Waals surface area contributed by atoms with E-state index in [9.17, 15) is 4.79 Å². The molecule has 0 N–H and O–H groups in total. The van der Waals surface area contributed by atoms with Gasteiger partial charge in [-0.1, -0.05) is 0 Å². The molecule has 5 heteroatoms. The summed E-state index contributed by atoms with van der Waals surface area (Å²) in [6.45, 7) is 11.0. The lowest BCUT2D eigenvalue weighted by molar-refractivity contribution is -0.129. The highest BCUT2D eigenvalue weighted by atomic mass is 16.5. The van der Waals surface area contributed by atoms with Crippen molar-refractivity contribution in [3.63, 3.8) is 0 Å². The molecule has 1 saturated heterocycles. The highest BCUT2D eigenvalue weighted by molar-refractivity contribution is 5.75. The van der Waals surface area contributed by atoms with E-state index < -0.39 is 0 Å². The van der Waals surface area contributed by atoms with Gasteiger partial charge in [-0.15, -0.1) is 0 Å². The highest BCUT2D eigenvalue weighted by Crippen LogP contribution is 2.09. The number of rotatable bonds is 7. The second kappa shape index (κ2) is 8.51. The molecule has 0 spiro atoms. The smallest absolute Gasteiger partial charge is 0.223 e. The Balaban J connectivity index is 2.23. The highest BCUT2D eigenvalue weighted by Gasteiger charge is 2.23. The van der Waals surface area contributed by atoms with Crippen molar-refractivity contribution in [1.82, 2.24) is 14.7 Å². The summed E-state index contributed by atoms with van der Waals surface area (Å²) in [4.78, 5) is 18.1. The van der Waals surface area contributed by atoms with Crippen molar-refractivity contribution in [2.24, 2.45) is 0 Å². The summed E-state index contributed by atoms with van der Waals surface area (Å²) in [5.41, 5.74) is 0. The number of hydrogen-bond acceptors (Lipinski definition) is 4. The van der Waals surface area contributed by atoms with Crippen molar-refractivity contribution in [2.75, 3.05) is 60.0 Å². The number of piperazine rings is 1. The van der Waals surface area contributed by atoms with Crippen LogP contribution in [-0.4, -0.2) is 86.7 Å². The average Bonchev–Trinajstić information content (AvgIpc) is 2.38. The molecule has 1 atom stereocenters. The lowest BCUT2D eigenvalue weighted by Crippen LogP contribution is -2.53. The summed E-state index contributed by atoms with van der Waals surface area (Å²) >= 11 is 0. The Morgan fingerprint density at radius 1 is 1.32 bits per heavy atom. The van der Waals surface area contributed by atoms with Crippen LogP contribution >= 0.6 is 0 Å². The van der Waals surface area contributed by atoms with Gasteiger partial charge in [-0.05, 0) is 13.8 Å². The van der Waals surface area contributed by atoms with Crippen LogP contribution in [0.1, 0.15) is 20.3 Å². The minimum Gasteiger partial charge on any atom is -0.380 e. The molecule has 19 heavy (non-hydrogen) atoms. The van der Waals surface area contributed by atoms with Crippen LogP contribution in [0.5, 0.6) is 0 Å². The van der Waals surface area contributed by atoms with Crippen LogP contribution in [0.4, 0.5) is 0 Å². The van der Waals surface area contributed by atoms with Gasteiger partial charge in [-0.2, -0.15) is 0 Å². The van der Waals surface area contributed by atoms with Crippen LogP contribution in [0.2, 0.25) is 0 Å². The zero-order chi connectivity index (χ0) is 14.3. The van der Waals surface area contributed by atoms with Crippen molar-refractivity contribution in [1.29, 1.82) is 0 Å². The predicted molar refractivity (Wildman–Crippen MR) is 77.3 cm³/mol. The molecular formula is C14H29N3O2. The number of carbonyl (C=O) groups is 1. The Bertz CT molecular complexity index is 271. The number of hydrogen-bond donors (Lipinski definition) is 0. The average molecular weight is 271 g/mol. The third kappa shape index (κ3) is 5.89. The zero-order valence-electron chi connectivity index (χ0n) is 12.9. The van der Waals surface area contributed by atoms with Gasteiger partial charge >= 0.3 is 0 Å². The fourth-order valence-corrected chi connectivity index (χ4v) is 2.41. The topological polar surface area (TPSA) is 36.0 Å². The standard InChI is InChI=1S/C14H29N3O2/c1-5-19-11-10-17-9-8-16(12-13(17)2)7-6-14(18)15(3)4/h13H,5-12H2,1-4H3. The summed E-state index contributed by atoms with van der Waals surface area (Å²) in [5, 5.41) is 0. The van der Waals surface area contributed by atoms with E-state index in [2.05, 4.69) is 16.7 Å². The fraction of sp³-hybridized carbons (Fsp3) is 0.929. The molecule has 5 nitrogen and oxygen atoms in total. The van der Waals surface area contributed by atoms with Crippen LogP contribution in [0.15, 0.2) is 0 Å². The van der Waals surface area contributed by atoms with Crippen LogP contribution in [0.3, 0.4) is 0 Å². The van der Waals surface area contributed by atoms with E-state index in [0.29, 0.717) is 12.5 Å². The van der Waals surface area contributed by atoms with E-state index in [1.54, 1.807) is 4.90 Å². The first kappa shape index (κ1) is 16.4. The molecule has 1 heterocycles. The molecule has 1 unspecified atom stereocenters. The maximum atomic E-state index is 11.6. The van der Waals surface area contributed by atoms with E-state index in [0.717, 1.165) is 45.9 Å². The third-order valence-electron chi connectivity index (χ3n) is 3.72. The van der Waals surface area contributed by atoms with E-state index in [-0.39, 0.29) is 5.91 Å². The van der Waals surface area contributed by atoms with Crippen LogP contribution < -0.4 is 0 Å². The molecule has 0 saturated carbocycles. The van der Waals surface area contributed by atoms with E-state index in [1.165, 1.54) is 0 Å². The molecule has 0 aromatic carbocycles. The van der Waals surface area contributed by atoms with Crippen molar-refractivity contribution < 1.29 is 9.53 Å². The minimum atomic E-state index is 0.214. The van der Waals surface area contributed by atoms with Crippen molar-refractivity contribution >= 4 is 5.91 Å². The van der Waals surface area contributed by atoms with Crippen LogP contribution in [-0.2, 0) is 9.53 Å². The lowest BCUT2D eigenvalue weighted by atomic mass is 10.2. The van der Waals surface area contributed by atoms with Gasteiger partial charge in [-0.3, -0.25) is 9.69 Å². The summed E-state index contributed by atoms with van der Waals surface area (Å²) in [6.07, 6.45) is 0.624. The minimum absolute atomic E-state index is 0.214. The molecule has 1 fully saturated rings. The second-order valence-corrected chi connectivity index (χ2v) is 5.42. The number of carbonyl (C=O) groups excluding carboxylic acids is 1. The Morgan fingerprint density at radius 3 is 2.63 bits per heavy atom. The molecular weight excluding hydrogens is 242 g/mol. The van der Waals surface area contributed by atoms with Gasteiger partial charge in [0.05, 0.1) is 6.61 Å². The zero-order valence-corrected chi connectivity index (χ0v) is 12.9. The van der Waals surface area contributed by atoms with E-state index in [4.69, 9.17) is 4.74 Å². The van der Waals surface area contributed by atoms with Gasteiger partial charge in [0.25, 0.3) is 0 Å². The number of amides is 1. The normalized spacial score (nSPS) is 21.6. The summed E-state index contributed by atoms with van der Waals surface area (Å²) in [6, 6.07) is 0.545. The van der Waals surface area contributed by atoms with Gasteiger partial charge in [-0.25, -0.2) is 0 Å². The lowest BCUT2D eigenvalue weighted by Gasteiger charge is -2.39. The monoisotopic (exact) mass is 271 g/mol. The summed E-state index contributed by atoms with van der Waals surface area (Å²) < 4.78 is 5.41. The van der Waals surface area contributed by atoms with Crippen molar-refractivity contribution in [3.05, 3.63) is 0 Å². The molecule has 112 valence electrons. The van der Waals surface area contributed by atoms with Gasteiger partial charge in [0.1, 0.15) is 0 Å². The molecule has 0 radical (unpaired) electrons. The van der Waals surface area contributed by atoms with Gasteiger partial charge in [0.15, 0.2) is 0 Å². The third-order valence-corrected chi connectivity index (χ3v) is 3.72. The Labute approximate surface area is 117 Å². The Kier molecular flexibility index (Phi) is 7.34. The molecule has 0 aromatic rings. The first-order valence-corrected chi connectivity index (χ1v) is 7.29. The van der Waals surface area contributed by atoms with Gasteiger partial charge < -0.3 is 14.5 Å². The Morgan fingerprint density at radius 2 is 2.05 bits per heavy atom. The first-order valence-electron chi connectivity index (χ1n) is 7.29. The van der Waals surface area contributed by atoms with Crippen LogP contribution in [0.25, 0.3) is 0 Å². The second-order valence-electron chi connectivity index (χ2n) is 5.42. The number of nitrogens with zero attached hydrogens (tertiary/aromatic N) is 3. The summed E-state index contributed by atoms with van der Waals surface area (Å²) in [7, 11) is 3.63. The maximum absolute atomic E-state index is 11.6. The molecule has 1 rings (SSSR count). The van der Waals surface area contributed by atoms with Gasteiger partial charge in [0, 0.05) is 65.9 Å². The SMILES string of the molecule is CCOCCN1CCN(CCC(=O)N(C)C)CC1C. The van der Waals surface area contributed by atoms with Crippen LogP contribution in [0, 0.1) is 0 Å². The molecule has 1 aliphatic rings. The van der Waals surface area contributed by atoms with Crippen molar-refractivity contribution in [2.45, 2.75) is 26.3 Å². The first-order chi connectivity index (χ1) is 9.04. The predicted octanol–water partition coefficient (Wildman–Crippen LogP) is 0.507. The maximum Gasteiger partial charge on any atom is 0.223 e.